The maximum absolute atomic E-state index is 6.56. The van der Waals surface area contributed by atoms with E-state index in [1.54, 1.807) is 0 Å². The number of hydrogen-bond acceptors (Lipinski definition) is 6. The molecule has 10 aromatic rings. The van der Waals surface area contributed by atoms with Crippen LogP contribution in [0.1, 0.15) is 28.1 Å². The van der Waals surface area contributed by atoms with Gasteiger partial charge in [-0.1, -0.05) is 146 Å². The molecule has 0 bridgehead atoms. The Hall–Kier alpha value is -8.87. The topological polar surface area (TPSA) is 53.8 Å². The largest absolute Gasteiger partial charge is 0.464 e. The highest BCUT2D eigenvalue weighted by Gasteiger charge is 2.26. The van der Waals surface area contributed by atoms with Gasteiger partial charge in [-0.3, -0.25) is 0 Å². The van der Waals surface area contributed by atoms with Crippen LogP contribution in [0.5, 0.6) is 5.75 Å². The summed E-state index contributed by atoms with van der Waals surface area (Å²) in [6, 6.07) is 83.7. The van der Waals surface area contributed by atoms with Crippen LogP contribution in [0.3, 0.4) is 0 Å². The molecule has 0 saturated carbocycles. The quantitative estimate of drug-likeness (QED) is 0.124. The zero-order valence-electron chi connectivity index (χ0n) is 36.0. The molecule has 316 valence electrons. The minimum atomic E-state index is -0.388. The molecule has 1 unspecified atom stereocenters. The maximum atomic E-state index is 6.56. The van der Waals surface area contributed by atoms with E-state index >= 15 is 0 Å². The first-order valence-electron chi connectivity index (χ1n) is 22.1. The third-order valence-corrected chi connectivity index (χ3v) is 11.7. The Balaban J connectivity index is 0.944. The van der Waals surface area contributed by atoms with Gasteiger partial charge in [0.15, 0.2) is 11.8 Å². The fourth-order valence-corrected chi connectivity index (χ4v) is 8.52. The Morgan fingerprint density at radius 2 is 0.864 bits per heavy atom. The molecule has 1 N–H and O–H groups in total. The summed E-state index contributed by atoms with van der Waals surface area (Å²) in [5.74, 6) is 1.39. The predicted molar refractivity (Wildman–Crippen MR) is 272 cm³/mol. The third-order valence-electron chi connectivity index (χ3n) is 11.7. The summed E-state index contributed by atoms with van der Waals surface area (Å²) in [6.45, 7) is 0. The van der Waals surface area contributed by atoms with Gasteiger partial charge < -0.3 is 24.3 Å². The number of fused-ring (bicyclic) bond motifs is 2. The second kappa shape index (κ2) is 18.1. The van der Waals surface area contributed by atoms with Gasteiger partial charge in [-0.25, -0.2) is 4.98 Å². The minimum Gasteiger partial charge on any atom is -0.464 e. The molecule has 0 aliphatic carbocycles. The Labute approximate surface area is 384 Å². The van der Waals surface area contributed by atoms with Crippen LogP contribution in [0.4, 0.5) is 39.8 Å². The lowest BCUT2D eigenvalue weighted by Crippen LogP contribution is -2.22. The van der Waals surface area contributed by atoms with Gasteiger partial charge in [-0.15, -0.1) is 0 Å². The normalized spacial score (nSPS) is 13.4. The van der Waals surface area contributed by atoms with Crippen molar-refractivity contribution in [1.29, 1.82) is 0 Å². The summed E-state index contributed by atoms with van der Waals surface area (Å²) < 4.78 is 13.0. The van der Waals surface area contributed by atoms with Gasteiger partial charge in [0.1, 0.15) is 11.3 Å². The van der Waals surface area contributed by atoms with E-state index in [0.717, 1.165) is 90.1 Å². The monoisotopic (exact) mass is 852 g/mol. The lowest BCUT2D eigenvalue weighted by Gasteiger charge is -2.26. The van der Waals surface area contributed by atoms with E-state index in [-0.39, 0.29) is 6.23 Å². The molecule has 1 aliphatic heterocycles. The minimum absolute atomic E-state index is 0.388. The molecule has 0 radical (unpaired) electrons. The van der Waals surface area contributed by atoms with Gasteiger partial charge in [0, 0.05) is 45.3 Å². The van der Waals surface area contributed by atoms with E-state index in [2.05, 4.69) is 203 Å². The van der Waals surface area contributed by atoms with Crippen LogP contribution in [0.25, 0.3) is 34.4 Å². The Morgan fingerprint density at radius 3 is 1.38 bits per heavy atom. The van der Waals surface area contributed by atoms with Crippen molar-refractivity contribution < 1.29 is 9.15 Å². The van der Waals surface area contributed by atoms with Gasteiger partial charge in [-0.05, 0) is 131 Å². The van der Waals surface area contributed by atoms with E-state index in [0.29, 0.717) is 5.89 Å². The number of nitrogens with one attached hydrogen (secondary N) is 1. The first-order valence-corrected chi connectivity index (χ1v) is 22.1. The van der Waals surface area contributed by atoms with Crippen molar-refractivity contribution in [1.82, 2.24) is 4.98 Å². The summed E-state index contributed by atoms with van der Waals surface area (Å²) in [4.78, 5) is 9.49. The molecule has 1 atom stereocenters. The van der Waals surface area contributed by atoms with Crippen molar-refractivity contribution >= 4 is 74.2 Å². The number of ether oxygens (including phenoxy) is 1. The molecular formula is C60H44N4O2. The fourth-order valence-electron chi connectivity index (χ4n) is 8.52. The fraction of sp³-hybridized carbons (Fsp3) is 0.0167. The Morgan fingerprint density at radius 1 is 0.424 bits per heavy atom. The molecule has 0 saturated heterocycles. The van der Waals surface area contributed by atoms with Crippen molar-refractivity contribution in [3.8, 4) is 5.75 Å². The van der Waals surface area contributed by atoms with Gasteiger partial charge in [0.25, 0.3) is 0 Å². The predicted octanol–water partition coefficient (Wildman–Crippen LogP) is 15.7. The van der Waals surface area contributed by atoms with Gasteiger partial charge in [-0.2, -0.15) is 0 Å². The number of hydrogen-bond donors (Lipinski definition) is 1. The molecule has 66 heavy (non-hydrogen) atoms. The molecule has 1 aliphatic rings. The van der Waals surface area contributed by atoms with Crippen molar-refractivity contribution in [2.24, 2.45) is 0 Å². The van der Waals surface area contributed by atoms with Gasteiger partial charge >= 0.3 is 0 Å². The molecule has 2 heterocycles. The number of oxazole rings is 1. The van der Waals surface area contributed by atoms with Crippen LogP contribution in [0, 0.1) is 0 Å². The Bertz CT molecular complexity index is 3140. The van der Waals surface area contributed by atoms with E-state index in [9.17, 15) is 0 Å². The molecule has 0 fully saturated rings. The number of anilines is 7. The van der Waals surface area contributed by atoms with Crippen LogP contribution in [-0.2, 0) is 0 Å². The lowest BCUT2D eigenvalue weighted by molar-refractivity contribution is 0.312. The van der Waals surface area contributed by atoms with Crippen LogP contribution in [0.15, 0.2) is 247 Å². The van der Waals surface area contributed by atoms with Crippen LogP contribution in [-0.4, -0.2) is 11.2 Å². The summed E-state index contributed by atoms with van der Waals surface area (Å²) in [6.07, 6.45) is 3.98. The van der Waals surface area contributed by atoms with E-state index in [1.165, 1.54) is 0 Å². The van der Waals surface area contributed by atoms with Crippen molar-refractivity contribution in [2.75, 3.05) is 15.1 Å². The number of nitrogens with zero attached hydrogens (tertiary/aromatic N) is 3. The highest BCUT2D eigenvalue weighted by Crippen LogP contribution is 2.40. The van der Waals surface area contributed by atoms with Crippen LogP contribution >= 0.6 is 0 Å². The standard InChI is InChI=1S/C60H44N4O2/c1-5-17-47(18-6-1)63(48-19-7-2-8-20-48)51-37-33-45(34-38-51)53(59-61-55-25-13-15-27-57(55)65-59)41-43-29-31-44(32-30-43)42-54(60-62-56-26-14-16-28-58(56)66-60)46-35-39-52(40-36-46)64(49-21-9-3-10-22-49)50-23-11-4-12-24-50/h1-42,59,61H. The molecule has 6 heteroatoms. The summed E-state index contributed by atoms with van der Waals surface area (Å²) >= 11 is 0. The zero-order valence-corrected chi connectivity index (χ0v) is 36.0. The highest BCUT2D eigenvalue weighted by atomic mass is 16.5. The maximum Gasteiger partial charge on any atom is 0.227 e. The van der Waals surface area contributed by atoms with Gasteiger partial charge in [0.2, 0.25) is 5.89 Å². The zero-order chi connectivity index (χ0) is 44.1. The smallest absolute Gasteiger partial charge is 0.227 e. The molecule has 0 spiro atoms. The van der Waals surface area contributed by atoms with Crippen molar-refractivity contribution in [3.63, 3.8) is 0 Å². The highest BCUT2D eigenvalue weighted by molar-refractivity contribution is 5.92. The molecule has 6 nitrogen and oxygen atoms in total. The lowest BCUT2D eigenvalue weighted by atomic mass is 9.98. The average Bonchev–Trinajstić information content (AvgIpc) is 4.03. The SMILES string of the molecule is C(=C(c1ccc(N(c2ccccc2)c2ccccc2)cc1)c1nc2ccccc2o1)c1ccc(C=C(c2ccc(N(c3ccccc3)c3ccccc3)cc2)C2Nc3ccccc3O2)cc1. The average molecular weight is 853 g/mol. The van der Waals surface area contributed by atoms with E-state index in [4.69, 9.17) is 14.1 Å². The molecule has 9 aromatic carbocycles. The number of rotatable bonds is 12. The van der Waals surface area contributed by atoms with Gasteiger partial charge in [0.05, 0.1) is 5.69 Å². The molecule has 0 amide bonds. The van der Waals surface area contributed by atoms with Crippen molar-refractivity contribution in [2.45, 2.75) is 6.23 Å². The Kier molecular flexibility index (Phi) is 10.9. The van der Waals surface area contributed by atoms with E-state index < -0.39 is 0 Å². The number of benzene rings is 9. The summed E-state index contributed by atoms with van der Waals surface area (Å²) in [7, 11) is 0. The third kappa shape index (κ3) is 8.34. The van der Waals surface area contributed by atoms with E-state index in [1.807, 2.05) is 66.7 Å². The number of para-hydroxylation sites is 8. The summed E-state index contributed by atoms with van der Waals surface area (Å²) in [5.41, 5.74) is 15.0. The van der Waals surface area contributed by atoms with Crippen LogP contribution in [0.2, 0.25) is 0 Å². The van der Waals surface area contributed by atoms with Crippen molar-refractivity contribution in [3.05, 3.63) is 271 Å². The summed E-state index contributed by atoms with van der Waals surface area (Å²) in [5, 5.41) is 3.63. The number of aromatic nitrogens is 1. The first kappa shape index (κ1) is 39.9. The van der Waals surface area contributed by atoms with Crippen LogP contribution < -0.4 is 19.9 Å². The first-order chi connectivity index (χ1) is 32.7. The second-order valence-corrected chi connectivity index (χ2v) is 16.1. The second-order valence-electron chi connectivity index (χ2n) is 16.1. The molecule has 11 rings (SSSR count). The molecular weight excluding hydrogens is 809 g/mol. The molecule has 1 aromatic heterocycles.